The average molecular weight is 813 g/mol. The largest absolute Gasteiger partial charge is 0.469 e. The number of unbranched alkanes of at least 4 members (excludes halogenated alkanes) is 5. The highest BCUT2D eigenvalue weighted by Gasteiger charge is 2.52. The van der Waals surface area contributed by atoms with Crippen molar-refractivity contribution in [3.63, 3.8) is 0 Å². The zero-order valence-electron chi connectivity index (χ0n) is 38.1. The van der Waals surface area contributed by atoms with Crippen molar-refractivity contribution in [2.24, 2.45) is 47.3 Å². The molecule has 0 radical (unpaired) electrons. The van der Waals surface area contributed by atoms with E-state index in [0.29, 0.717) is 13.0 Å². The standard InChI is InChI=1S/C46H84O11/c1-14-34-26(5)30(9)39(48)43(51-34)55-41-32(11)28(7)36(16-3)53-45(41)57-42-33(12)29(8)37(17-4)54-46(42)56-40-31(10)27(6)35(15-2)52-44(40)50-25-23-21-19-18-20-22-24-38(47)49-13/h26-37,39-46,48H,14-25H2,1-13H3/t26-,27-,28-,29-,30-,31-,32-,33-,34?,35?,36?,37?,39?,40?,41?,42?,43+,44-,45+,46+/m0/s1. The molecule has 0 bridgehead atoms. The van der Waals surface area contributed by atoms with E-state index in [2.05, 4.69) is 83.1 Å². The van der Waals surface area contributed by atoms with Gasteiger partial charge in [-0.3, -0.25) is 4.79 Å². The van der Waals surface area contributed by atoms with Crippen LogP contribution < -0.4 is 0 Å². The van der Waals surface area contributed by atoms with Gasteiger partial charge in [0.1, 0.15) is 24.4 Å². The van der Waals surface area contributed by atoms with E-state index in [0.717, 1.165) is 64.2 Å². The number of hydrogen-bond acceptors (Lipinski definition) is 11. The smallest absolute Gasteiger partial charge is 0.305 e. The summed E-state index contributed by atoms with van der Waals surface area (Å²) in [5.74, 6) is 1.11. The van der Waals surface area contributed by atoms with Gasteiger partial charge in [-0.25, -0.2) is 0 Å². The fourth-order valence-corrected chi connectivity index (χ4v) is 9.80. The van der Waals surface area contributed by atoms with Gasteiger partial charge in [-0.2, -0.15) is 0 Å². The van der Waals surface area contributed by atoms with E-state index in [1.54, 1.807) is 0 Å². The molecule has 4 saturated heterocycles. The van der Waals surface area contributed by atoms with Crippen molar-refractivity contribution >= 4 is 5.97 Å². The van der Waals surface area contributed by atoms with E-state index in [9.17, 15) is 9.90 Å². The van der Waals surface area contributed by atoms with Crippen LogP contribution in [0.1, 0.15) is 154 Å². The Morgan fingerprint density at radius 2 is 0.825 bits per heavy atom. The third kappa shape index (κ3) is 12.2. The summed E-state index contributed by atoms with van der Waals surface area (Å²) in [6.07, 6.45) is 5.28. The molecule has 0 saturated carbocycles. The Labute approximate surface area is 346 Å². The summed E-state index contributed by atoms with van der Waals surface area (Å²) in [5, 5.41) is 11.4. The van der Waals surface area contributed by atoms with Gasteiger partial charge < -0.3 is 47.7 Å². The van der Waals surface area contributed by atoms with E-state index in [4.69, 9.17) is 42.6 Å². The van der Waals surface area contributed by atoms with Crippen molar-refractivity contribution in [2.75, 3.05) is 13.7 Å². The average Bonchev–Trinajstić information content (AvgIpc) is 3.21. The van der Waals surface area contributed by atoms with Gasteiger partial charge in [-0.05, 0) is 85.9 Å². The molecule has 57 heavy (non-hydrogen) atoms. The normalized spacial score (nSPS) is 44.2. The molecule has 11 nitrogen and oxygen atoms in total. The highest BCUT2D eigenvalue weighted by atomic mass is 16.8. The monoisotopic (exact) mass is 813 g/mol. The number of esters is 1. The van der Waals surface area contributed by atoms with Gasteiger partial charge in [0, 0.05) is 13.0 Å². The summed E-state index contributed by atoms with van der Waals surface area (Å²) >= 11 is 0. The fourth-order valence-electron chi connectivity index (χ4n) is 9.80. The molecule has 20 atom stereocenters. The van der Waals surface area contributed by atoms with Gasteiger partial charge >= 0.3 is 5.97 Å². The minimum absolute atomic E-state index is 0.000589. The van der Waals surface area contributed by atoms with Crippen LogP contribution in [0, 0.1) is 47.3 Å². The van der Waals surface area contributed by atoms with Crippen molar-refractivity contribution in [1.29, 1.82) is 0 Å². The lowest BCUT2D eigenvalue weighted by molar-refractivity contribution is -0.387. The van der Waals surface area contributed by atoms with E-state index in [-0.39, 0.29) is 83.8 Å². The van der Waals surface area contributed by atoms with Gasteiger partial charge in [-0.1, -0.05) is 109 Å². The van der Waals surface area contributed by atoms with E-state index >= 15 is 0 Å². The van der Waals surface area contributed by atoms with E-state index in [1.807, 2.05) is 0 Å². The van der Waals surface area contributed by atoms with Crippen LogP contribution >= 0.6 is 0 Å². The molecule has 4 aliphatic heterocycles. The predicted molar refractivity (Wildman–Crippen MR) is 220 cm³/mol. The Hall–Kier alpha value is -0.890. The van der Waals surface area contributed by atoms with Gasteiger partial charge in [-0.15, -0.1) is 0 Å². The minimum atomic E-state index is -0.776. The third-order valence-electron chi connectivity index (χ3n) is 14.8. The molecule has 0 aromatic heterocycles. The first-order valence-corrected chi connectivity index (χ1v) is 23.2. The summed E-state index contributed by atoms with van der Waals surface area (Å²) in [7, 11) is 1.44. The summed E-state index contributed by atoms with van der Waals surface area (Å²) in [5.41, 5.74) is 0. The first-order chi connectivity index (χ1) is 27.2. The van der Waals surface area contributed by atoms with Crippen molar-refractivity contribution in [3.05, 3.63) is 0 Å². The Morgan fingerprint density at radius 1 is 0.474 bits per heavy atom. The lowest BCUT2D eigenvalue weighted by Gasteiger charge is -2.52. The zero-order valence-corrected chi connectivity index (χ0v) is 38.1. The summed E-state index contributed by atoms with van der Waals surface area (Å²) in [6.45, 7) is 26.8. The van der Waals surface area contributed by atoms with E-state index < -0.39 is 43.5 Å². The molecule has 4 rings (SSSR count). The molecule has 0 spiro atoms. The van der Waals surface area contributed by atoms with Crippen LogP contribution in [-0.2, 0) is 47.4 Å². The Morgan fingerprint density at radius 3 is 1.26 bits per heavy atom. The molecule has 1 N–H and O–H groups in total. The number of rotatable bonds is 20. The lowest BCUT2D eigenvalue weighted by atomic mass is 9.80. The van der Waals surface area contributed by atoms with Crippen LogP contribution in [0.2, 0.25) is 0 Å². The maximum absolute atomic E-state index is 11.4. The number of carbonyl (C=O) groups excluding carboxylic acids is 1. The number of aliphatic hydroxyl groups is 1. The lowest BCUT2D eigenvalue weighted by Crippen LogP contribution is -2.61. The Bertz CT molecular complexity index is 1160. The maximum atomic E-state index is 11.4. The van der Waals surface area contributed by atoms with Crippen molar-refractivity contribution in [2.45, 2.75) is 228 Å². The molecule has 0 amide bonds. The van der Waals surface area contributed by atoms with Crippen molar-refractivity contribution < 1.29 is 52.5 Å². The minimum Gasteiger partial charge on any atom is -0.469 e. The third-order valence-corrected chi connectivity index (χ3v) is 14.8. The molecule has 334 valence electrons. The SMILES string of the molecule is CCC1O[C@H](OC2[C@@H](OC3[C@@H](OC4[C@@H](OCCCCCCCCC(=O)OC)OC(CC)[C@@H](C)[C@@H]4C)OC(CC)[C@@H](C)[C@@H]3C)OC(CC)[C@@H](C)[C@@H]2C)C(O)[C@@H](C)[C@@H]1C. The summed E-state index contributed by atoms with van der Waals surface area (Å²) in [4.78, 5) is 11.4. The fraction of sp³-hybridized carbons (Fsp3) is 0.978. The van der Waals surface area contributed by atoms with Gasteiger partial charge in [0.25, 0.3) is 0 Å². The number of aliphatic hydroxyl groups excluding tert-OH is 1. The zero-order chi connectivity index (χ0) is 42.0. The molecule has 4 heterocycles. The summed E-state index contributed by atoms with van der Waals surface area (Å²) in [6, 6.07) is 0. The molecule has 0 aromatic rings. The first kappa shape index (κ1) is 48.8. The van der Waals surface area contributed by atoms with Crippen LogP contribution in [-0.4, -0.2) is 98.8 Å². The van der Waals surface area contributed by atoms with Crippen molar-refractivity contribution in [3.8, 4) is 0 Å². The van der Waals surface area contributed by atoms with Crippen molar-refractivity contribution in [1.82, 2.24) is 0 Å². The maximum Gasteiger partial charge on any atom is 0.305 e. The summed E-state index contributed by atoms with van der Waals surface area (Å²) < 4.78 is 59.3. The van der Waals surface area contributed by atoms with Crippen LogP contribution in [0.5, 0.6) is 0 Å². The topological polar surface area (TPSA) is 120 Å². The molecule has 8 unspecified atom stereocenters. The van der Waals surface area contributed by atoms with Gasteiger partial charge in [0.15, 0.2) is 25.2 Å². The molecule has 4 fully saturated rings. The predicted octanol–water partition coefficient (Wildman–Crippen LogP) is 9.05. The molecule has 0 aliphatic carbocycles. The first-order valence-electron chi connectivity index (χ1n) is 23.2. The highest BCUT2D eigenvalue weighted by Crippen LogP contribution is 2.44. The molecule has 0 aromatic carbocycles. The molecule has 4 aliphatic rings. The second kappa shape index (κ2) is 23.4. The number of carbonyl (C=O) groups is 1. The number of methoxy groups -OCH3 is 1. The second-order valence-electron chi connectivity index (χ2n) is 18.3. The molecular weight excluding hydrogens is 728 g/mol. The Balaban J connectivity index is 1.52. The molecule has 11 heteroatoms. The van der Waals surface area contributed by atoms with Crippen LogP contribution in [0.15, 0.2) is 0 Å². The van der Waals surface area contributed by atoms with Crippen LogP contribution in [0.3, 0.4) is 0 Å². The van der Waals surface area contributed by atoms with Crippen LogP contribution in [0.25, 0.3) is 0 Å². The van der Waals surface area contributed by atoms with E-state index in [1.165, 1.54) is 7.11 Å². The highest BCUT2D eigenvalue weighted by molar-refractivity contribution is 5.68. The molecular formula is C46H84O11. The number of hydrogen-bond donors (Lipinski definition) is 1. The van der Waals surface area contributed by atoms with Crippen LogP contribution in [0.4, 0.5) is 0 Å². The quantitative estimate of drug-likeness (QED) is 0.0937. The van der Waals surface area contributed by atoms with Gasteiger partial charge in [0.2, 0.25) is 0 Å². The van der Waals surface area contributed by atoms with Gasteiger partial charge in [0.05, 0.1) is 31.5 Å². The number of ether oxygens (including phenoxy) is 9. The Kier molecular flexibility index (Phi) is 20.0. The second-order valence-corrected chi connectivity index (χ2v) is 18.3.